The molecule has 1 heterocycles. The summed E-state index contributed by atoms with van der Waals surface area (Å²) in [5, 5.41) is 24.6. The highest BCUT2D eigenvalue weighted by Gasteiger charge is 2.14. The van der Waals surface area contributed by atoms with E-state index in [1.165, 1.54) is 12.1 Å². The minimum Gasteiger partial charge on any atom is -0.506 e. The van der Waals surface area contributed by atoms with Gasteiger partial charge in [-0.05, 0) is 70.3 Å². The number of aliphatic hydroxyl groups is 1. The molecular weight excluding hydrogens is 562 g/mol. The summed E-state index contributed by atoms with van der Waals surface area (Å²) >= 11 is 0. The largest absolute Gasteiger partial charge is 0.506 e. The average Bonchev–Trinajstić information content (AvgIpc) is 3.03. The lowest BCUT2D eigenvalue weighted by molar-refractivity contribution is 0.150. The van der Waals surface area contributed by atoms with Gasteiger partial charge in [-0.15, -0.1) is 0 Å². The second-order valence-corrected chi connectivity index (χ2v) is 10.1. The van der Waals surface area contributed by atoms with E-state index in [0.29, 0.717) is 36.2 Å². The van der Waals surface area contributed by atoms with Gasteiger partial charge >= 0.3 is 6.09 Å². The number of amides is 1. The smallest absolute Gasteiger partial charge is 0.404 e. The van der Waals surface area contributed by atoms with Crippen molar-refractivity contribution in [2.45, 2.75) is 19.3 Å². The summed E-state index contributed by atoms with van der Waals surface area (Å²) in [7, 11) is 0. The van der Waals surface area contributed by atoms with Crippen LogP contribution in [0.25, 0.3) is 22.0 Å². The highest BCUT2D eigenvalue weighted by Crippen LogP contribution is 2.28. The molecular formula is C34H33N3O7. The van der Waals surface area contributed by atoms with E-state index < -0.39 is 12.2 Å². The van der Waals surface area contributed by atoms with E-state index in [0.717, 1.165) is 33.8 Å². The Labute approximate surface area is 253 Å². The van der Waals surface area contributed by atoms with Crippen LogP contribution in [0.4, 0.5) is 4.79 Å². The molecule has 4 aromatic carbocycles. The van der Waals surface area contributed by atoms with E-state index in [-0.39, 0.29) is 24.5 Å². The Hall–Kier alpha value is -5.32. The van der Waals surface area contributed by atoms with Crippen LogP contribution in [0.5, 0.6) is 17.2 Å². The number of hydrogen-bond acceptors (Lipinski definition) is 8. The number of phenolic OH excluding ortho intramolecular Hbond substituents is 1. The monoisotopic (exact) mass is 595 g/mol. The Kier molecular flexibility index (Phi) is 9.75. The molecule has 5 rings (SSSR count). The van der Waals surface area contributed by atoms with Crippen molar-refractivity contribution in [3.05, 3.63) is 124 Å². The number of benzene rings is 4. The number of nitrogens with two attached hydrogens (primary N) is 1. The van der Waals surface area contributed by atoms with E-state index >= 15 is 0 Å². The summed E-state index contributed by atoms with van der Waals surface area (Å²) in [6.45, 7) is 1.70. The number of aliphatic hydroxyl groups excluding tert-OH is 1. The van der Waals surface area contributed by atoms with Crippen molar-refractivity contribution in [2.24, 2.45) is 5.73 Å². The van der Waals surface area contributed by atoms with Crippen LogP contribution in [0, 0.1) is 0 Å². The highest BCUT2D eigenvalue weighted by molar-refractivity contribution is 5.87. The lowest BCUT2D eigenvalue weighted by Gasteiger charge is -2.15. The summed E-state index contributed by atoms with van der Waals surface area (Å²) in [6, 6.07) is 29.2. The number of hydrogen-bond donors (Lipinski definition) is 5. The molecule has 6 N–H and O–H groups in total. The first kappa shape index (κ1) is 30.1. The molecule has 44 heavy (non-hydrogen) atoms. The Balaban J connectivity index is 1.04. The van der Waals surface area contributed by atoms with Crippen LogP contribution in [-0.4, -0.2) is 41.0 Å². The molecule has 0 bridgehead atoms. The van der Waals surface area contributed by atoms with Gasteiger partial charge in [-0.2, -0.15) is 0 Å². The number of carbonyl (C=O) groups excluding carboxylic acids is 1. The third-order valence-corrected chi connectivity index (χ3v) is 6.97. The van der Waals surface area contributed by atoms with Gasteiger partial charge < -0.3 is 40.5 Å². The normalized spacial score (nSPS) is 11.7. The maximum absolute atomic E-state index is 11.6. The first-order valence-electron chi connectivity index (χ1n) is 14.1. The Morgan fingerprint density at radius 3 is 2.25 bits per heavy atom. The van der Waals surface area contributed by atoms with Gasteiger partial charge in [0.05, 0.1) is 11.6 Å². The second-order valence-electron chi connectivity index (χ2n) is 10.1. The standard InChI is InChI=1S/C34H33N3O7/c35-34(41)44-21-23-2-1-3-25(18-23)24-6-10-27(11-7-24)43-17-16-42-26-8-4-22(5-9-26)19-36-20-31(39)28-12-14-30(38)33-29(28)13-15-32(40)37-33/h1-15,18,31,36,38-39H,16-17,19-21H2,(H2,35,41)(H,37,40)/t31-/m0/s1. The van der Waals surface area contributed by atoms with Crippen LogP contribution < -0.4 is 26.1 Å². The van der Waals surface area contributed by atoms with E-state index in [1.807, 2.05) is 72.8 Å². The second kappa shape index (κ2) is 14.2. The molecule has 1 aromatic heterocycles. The third-order valence-electron chi connectivity index (χ3n) is 6.97. The van der Waals surface area contributed by atoms with Crippen LogP contribution in [0.2, 0.25) is 0 Å². The van der Waals surface area contributed by atoms with Crippen LogP contribution in [0.15, 0.2) is 102 Å². The molecule has 0 aliphatic rings. The molecule has 10 nitrogen and oxygen atoms in total. The number of phenols is 1. The molecule has 226 valence electrons. The SMILES string of the molecule is NC(=O)OCc1cccc(-c2ccc(OCCOc3ccc(CNC[C@H](O)c4ccc(O)c5[nH]c(=O)ccc45)cc3)cc2)c1. The molecule has 0 aliphatic carbocycles. The zero-order chi connectivity index (χ0) is 30.9. The van der Waals surface area contributed by atoms with Crippen molar-refractivity contribution in [3.63, 3.8) is 0 Å². The van der Waals surface area contributed by atoms with E-state index in [4.69, 9.17) is 19.9 Å². The third kappa shape index (κ3) is 7.94. The minimum absolute atomic E-state index is 0.0422. The van der Waals surface area contributed by atoms with Crippen molar-refractivity contribution < 1.29 is 29.2 Å². The highest BCUT2D eigenvalue weighted by atomic mass is 16.5. The summed E-state index contributed by atoms with van der Waals surface area (Å²) in [6.07, 6.45) is -1.63. The van der Waals surface area contributed by atoms with Gasteiger partial charge in [-0.25, -0.2) is 4.79 Å². The maximum atomic E-state index is 11.6. The van der Waals surface area contributed by atoms with Crippen LogP contribution in [0.3, 0.4) is 0 Å². The molecule has 0 aliphatic heterocycles. The molecule has 0 spiro atoms. The van der Waals surface area contributed by atoms with Crippen molar-refractivity contribution >= 4 is 17.0 Å². The van der Waals surface area contributed by atoms with Gasteiger partial charge in [0.15, 0.2) is 0 Å². The van der Waals surface area contributed by atoms with Crippen LogP contribution in [-0.2, 0) is 17.9 Å². The van der Waals surface area contributed by atoms with Crippen LogP contribution in [0.1, 0.15) is 22.8 Å². The number of ether oxygens (including phenoxy) is 3. The number of fused-ring (bicyclic) bond motifs is 1. The Morgan fingerprint density at radius 1 is 0.841 bits per heavy atom. The zero-order valence-electron chi connectivity index (χ0n) is 23.9. The van der Waals surface area contributed by atoms with Gasteiger partial charge in [0.2, 0.25) is 5.56 Å². The number of pyridine rings is 1. The number of primary amides is 1. The van der Waals surface area contributed by atoms with E-state index in [9.17, 15) is 19.8 Å². The molecule has 5 aromatic rings. The number of nitrogens with one attached hydrogen (secondary N) is 2. The topological polar surface area (TPSA) is 156 Å². The fourth-order valence-electron chi connectivity index (χ4n) is 4.77. The number of aromatic nitrogens is 1. The maximum Gasteiger partial charge on any atom is 0.404 e. The molecule has 0 radical (unpaired) electrons. The predicted molar refractivity (Wildman–Crippen MR) is 167 cm³/mol. The molecule has 10 heteroatoms. The summed E-state index contributed by atoms with van der Waals surface area (Å²) < 4.78 is 16.5. The molecule has 0 saturated carbocycles. The van der Waals surface area contributed by atoms with Crippen molar-refractivity contribution in [1.29, 1.82) is 0 Å². The van der Waals surface area contributed by atoms with Gasteiger partial charge in [0, 0.05) is 24.5 Å². The zero-order valence-corrected chi connectivity index (χ0v) is 23.9. The van der Waals surface area contributed by atoms with Gasteiger partial charge in [0.1, 0.15) is 37.1 Å². The van der Waals surface area contributed by atoms with Gasteiger partial charge in [0.25, 0.3) is 0 Å². The molecule has 0 unspecified atom stereocenters. The molecule has 1 atom stereocenters. The van der Waals surface area contributed by atoms with E-state index in [1.54, 1.807) is 12.1 Å². The first-order valence-corrected chi connectivity index (χ1v) is 14.1. The number of aromatic hydroxyl groups is 1. The van der Waals surface area contributed by atoms with Crippen molar-refractivity contribution in [1.82, 2.24) is 10.3 Å². The molecule has 0 saturated heterocycles. The number of carbonyl (C=O) groups is 1. The average molecular weight is 596 g/mol. The summed E-state index contributed by atoms with van der Waals surface area (Å²) in [5.74, 6) is 1.40. The molecule has 1 amide bonds. The van der Waals surface area contributed by atoms with Gasteiger partial charge in [-0.3, -0.25) is 4.79 Å². The Morgan fingerprint density at radius 2 is 1.55 bits per heavy atom. The van der Waals surface area contributed by atoms with Crippen molar-refractivity contribution in [2.75, 3.05) is 19.8 Å². The number of aromatic amines is 1. The number of H-pyrrole nitrogens is 1. The quantitative estimate of drug-likeness (QED) is 0.122. The minimum atomic E-state index is -0.830. The lowest BCUT2D eigenvalue weighted by Crippen LogP contribution is -2.21. The number of rotatable bonds is 13. The summed E-state index contributed by atoms with van der Waals surface area (Å²) in [5.41, 5.74) is 9.51. The van der Waals surface area contributed by atoms with Crippen molar-refractivity contribution in [3.8, 4) is 28.4 Å². The first-order chi connectivity index (χ1) is 21.4. The van der Waals surface area contributed by atoms with E-state index in [2.05, 4.69) is 10.3 Å². The van der Waals surface area contributed by atoms with Crippen LogP contribution >= 0.6 is 0 Å². The Bertz CT molecular complexity index is 1770. The fraction of sp³-hybridized carbons (Fsp3) is 0.176. The van der Waals surface area contributed by atoms with Gasteiger partial charge in [-0.1, -0.05) is 48.5 Å². The predicted octanol–water partition coefficient (Wildman–Crippen LogP) is 4.78. The lowest BCUT2D eigenvalue weighted by atomic mass is 10.0. The fourth-order valence-corrected chi connectivity index (χ4v) is 4.77. The molecule has 0 fully saturated rings. The summed E-state index contributed by atoms with van der Waals surface area (Å²) in [4.78, 5) is 25.1.